The third-order valence-electron chi connectivity index (χ3n) is 3.44. The first-order chi connectivity index (χ1) is 9.90. The maximum atomic E-state index is 12.5. The molecule has 1 amide bonds. The minimum absolute atomic E-state index is 0.0134. The van der Waals surface area contributed by atoms with Crippen LogP contribution in [0.4, 0.5) is 5.69 Å². The zero-order chi connectivity index (χ0) is 15.6. The highest BCUT2D eigenvalue weighted by Crippen LogP contribution is 2.28. The van der Waals surface area contributed by atoms with Gasteiger partial charge in [-0.3, -0.25) is 19.7 Å². The summed E-state index contributed by atoms with van der Waals surface area (Å²) in [5.41, 5.74) is -0.296. The summed E-state index contributed by atoms with van der Waals surface area (Å²) < 4.78 is 0.509. The Balaban J connectivity index is 2.31. The highest BCUT2D eigenvalue weighted by Gasteiger charge is 2.33. The van der Waals surface area contributed by atoms with Crippen molar-refractivity contribution in [2.75, 3.05) is 6.54 Å². The molecule has 0 radical (unpaired) electrons. The number of nitro groups is 1. The monoisotopic (exact) mass is 356 g/mol. The Morgan fingerprint density at radius 1 is 1.48 bits per heavy atom. The Kier molecular flexibility index (Phi) is 4.56. The molecule has 1 aromatic carbocycles. The largest absolute Gasteiger partial charge is 0.481 e. The van der Waals surface area contributed by atoms with Crippen LogP contribution in [0.5, 0.6) is 0 Å². The zero-order valence-corrected chi connectivity index (χ0v) is 12.6. The van der Waals surface area contributed by atoms with E-state index in [1.807, 2.05) is 0 Å². The molecule has 1 heterocycles. The van der Waals surface area contributed by atoms with Gasteiger partial charge in [0.2, 0.25) is 0 Å². The lowest BCUT2D eigenvalue weighted by molar-refractivity contribution is -0.385. The second-order valence-corrected chi connectivity index (χ2v) is 5.73. The number of carbonyl (C=O) groups excluding carboxylic acids is 1. The van der Waals surface area contributed by atoms with E-state index in [1.54, 1.807) is 6.07 Å². The van der Waals surface area contributed by atoms with Crippen molar-refractivity contribution in [3.63, 3.8) is 0 Å². The quantitative estimate of drug-likeness (QED) is 0.659. The Bertz CT molecular complexity index is 604. The Morgan fingerprint density at radius 2 is 2.19 bits per heavy atom. The molecule has 1 atom stereocenters. The molecule has 7 nitrogen and oxygen atoms in total. The zero-order valence-electron chi connectivity index (χ0n) is 11.0. The van der Waals surface area contributed by atoms with E-state index in [9.17, 15) is 19.7 Å². The van der Waals surface area contributed by atoms with Gasteiger partial charge in [0, 0.05) is 23.1 Å². The van der Waals surface area contributed by atoms with E-state index in [0.717, 1.165) is 0 Å². The van der Waals surface area contributed by atoms with Crippen LogP contribution in [0, 0.1) is 10.1 Å². The van der Waals surface area contributed by atoms with E-state index in [4.69, 9.17) is 5.11 Å². The van der Waals surface area contributed by atoms with Crippen LogP contribution in [0.15, 0.2) is 22.7 Å². The van der Waals surface area contributed by atoms with Crippen LogP contribution in [-0.2, 0) is 4.79 Å². The molecule has 1 N–H and O–H groups in total. The summed E-state index contributed by atoms with van der Waals surface area (Å²) in [5.74, 6) is -1.47. The second kappa shape index (κ2) is 6.21. The number of carboxylic acid groups (broad SMARTS) is 1. The molecule has 1 aliphatic heterocycles. The van der Waals surface area contributed by atoms with Crippen molar-refractivity contribution in [1.82, 2.24) is 4.90 Å². The molecular weight excluding hydrogens is 344 g/mol. The topological polar surface area (TPSA) is 101 Å². The van der Waals surface area contributed by atoms with Gasteiger partial charge in [-0.15, -0.1) is 0 Å². The molecule has 0 bridgehead atoms. The summed E-state index contributed by atoms with van der Waals surface area (Å²) in [6.07, 6.45) is 1.16. The minimum Gasteiger partial charge on any atom is -0.481 e. The molecule has 0 spiro atoms. The molecule has 1 unspecified atom stereocenters. The number of benzene rings is 1. The minimum atomic E-state index is -0.981. The van der Waals surface area contributed by atoms with Gasteiger partial charge in [-0.05, 0) is 25.0 Å². The van der Waals surface area contributed by atoms with E-state index in [0.29, 0.717) is 23.9 Å². The molecule has 0 aliphatic carbocycles. The summed E-state index contributed by atoms with van der Waals surface area (Å²) in [7, 11) is 0. The van der Waals surface area contributed by atoms with E-state index in [-0.39, 0.29) is 17.7 Å². The third kappa shape index (κ3) is 3.38. The lowest BCUT2D eigenvalue weighted by atomic mass is 10.1. The Hall–Kier alpha value is -1.96. The molecule has 1 saturated heterocycles. The summed E-state index contributed by atoms with van der Waals surface area (Å²) in [6, 6.07) is 3.82. The van der Waals surface area contributed by atoms with Crippen molar-refractivity contribution >= 4 is 33.5 Å². The predicted molar refractivity (Wildman–Crippen MR) is 77.1 cm³/mol. The highest BCUT2D eigenvalue weighted by atomic mass is 79.9. The molecule has 8 heteroatoms. The molecule has 112 valence electrons. The number of amides is 1. The van der Waals surface area contributed by atoms with Gasteiger partial charge in [-0.25, -0.2) is 0 Å². The Morgan fingerprint density at radius 3 is 2.81 bits per heavy atom. The summed E-state index contributed by atoms with van der Waals surface area (Å²) >= 11 is 3.13. The van der Waals surface area contributed by atoms with Gasteiger partial charge >= 0.3 is 5.97 Å². The van der Waals surface area contributed by atoms with Crippen molar-refractivity contribution in [1.29, 1.82) is 0 Å². The number of aliphatic carboxylic acids is 1. The van der Waals surface area contributed by atoms with Crippen LogP contribution in [0.3, 0.4) is 0 Å². The van der Waals surface area contributed by atoms with Gasteiger partial charge in [0.1, 0.15) is 5.56 Å². The lowest BCUT2D eigenvalue weighted by Gasteiger charge is -2.23. The van der Waals surface area contributed by atoms with Crippen molar-refractivity contribution in [3.05, 3.63) is 38.3 Å². The number of rotatable bonds is 4. The predicted octanol–water partition coefficient (Wildman–Crippen LogP) is 2.44. The maximum Gasteiger partial charge on any atom is 0.305 e. The molecule has 1 aromatic rings. The lowest BCUT2D eigenvalue weighted by Crippen LogP contribution is -2.37. The number of nitrogens with zero attached hydrogens (tertiary/aromatic N) is 2. The summed E-state index contributed by atoms with van der Waals surface area (Å²) in [4.78, 5) is 35.2. The fourth-order valence-corrected chi connectivity index (χ4v) is 2.86. The molecule has 0 aromatic heterocycles. The smallest absolute Gasteiger partial charge is 0.305 e. The molecule has 2 rings (SSSR count). The second-order valence-electron chi connectivity index (χ2n) is 4.81. The standard InChI is InChI=1S/C13H13BrN2O5/c14-8-3-4-10(11(6-8)16(20)21)13(19)15-5-1-2-9(15)7-12(17)18/h3-4,6,9H,1-2,5,7H2,(H,17,18). The summed E-state index contributed by atoms with van der Waals surface area (Å²) in [6.45, 7) is 0.421. The van der Waals surface area contributed by atoms with Gasteiger partial charge < -0.3 is 10.0 Å². The van der Waals surface area contributed by atoms with Crippen LogP contribution in [-0.4, -0.2) is 39.4 Å². The van der Waals surface area contributed by atoms with E-state index in [1.165, 1.54) is 17.0 Å². The molecule has 0 saturated carbocycles. The summed E-state index contributed by atoms with van der Waals surface area (Å²) in [5, 5.41) is 19.9. The fraction of sp³-hybridized carbons (Fsp3) is 0.385. The van der Waals surface area contributed by atoms with Crippen LogP contribution in [0.2, 0.25) is 0 Å². The van der Waals surface area contributed by atoms with Crippen LogP contribution >= 0.6 is 15.9 Å². The number of carbonyl (C=O) groups is 2. The molecule has 1 fully saturated rings. The van der Waals surface area contributed by atoms with Crippen LogP contribution in [0.1, 0.15) is 29.6 Å². The average molecular weight is 357 g/mol. The van der Waals surface area contributed by atoms with E-state index < -0.39 is 22.8 Å². The van der Waals surface area contributed by atoms with Crippen molar-refractivity contribution < 1.29 is 19.6 Å². The van der Waals surface area contributed by atoms with Gasteiger partial charge in [-0.2, -0.15) is 0 Å². The number of hydrogen-bond donors (Lipinski definition) is 1. The van der Waals surface area contributed by atoms with E-state index in [2.05, 4.69) is 15.9 Å². The van der Waals surface area contributed by atoms with Crippen LogP contribution < -0.4 is 0 Å². The van der Waals surface area contributed by atoms with Gasteiger partial charge in [0.15, 0.2) is 0 Å². The van der Waals surface area contributed by atoms with Crippen molar-refractivity contribution in [2.45, 2.75) is 25.3 Å². The number of hydrogen-bond acceptors (Lipinski definition) is 4. The highest BCUT2D eigenvalue weighted by molar-refractivity contribution is 9.10. The number of halogens is 1. The number of nitro benzene ring substituents is 1. The third-order valence-corrected chi connectivity index (χ3v) is 3.93. The maximum absolute atomic E-state index is 12.5. The first-order valence-electron chi connectivity index (χ1n) is 6.37. The van der Waals surface area contributed by atoms with Crippen molar-refractivity contribution in [3.8, 4) is 0 Å². The average Bonchev–Trinajstić information content (AvgIpc) is 2.85. The Labute approximate surface area is 128 Å². The number of likely N-dealkylation sites (tertiary alicyclic amines) is 1. The van der Waals surface area contributed by atoms with Gasteiger partial charge in [0.05, 0.1) is 11.3 Å². The van der Waals surface area contributed by atoms with Crippen LogP contribution in [0.25, 0.3) is 0 Å². The fourth-order valence-electron chi connectivity index (χ4n) is 2.51. The first-order valence-corrected chi connectivity index (χ1v) is 7.16. The van der Waals surface area contributed by atoms with Gasteiger partial charge in [-0.1, -0.05) is 15.9 Å². The molecule has 1 aliphatic rings. The first kappa shape index (κ1) is 15.4. The molecular formula is C13H13BrN2O5. The SMILES string of the molecule is O=C(O)CC1CCCN1C(=O)c1ccc(Br)cc1[N+](=O)[O-]. The van der Waals surface area contributed by atoms with E-state index >= 15 is 0 Å². The normalized spacial score (nSPS) is 17.8. The molecule has 21 heavy (non-hydrogen) atoms. The number of carboxylic acids is 1. The van der Waals surface area contributed by atoms with Crippen molar-refractivity contribution in [2.24, 2.45) is 0 Å². The van der Waals surface area contributed by atoms with Gasteiger partial charge in [0.25, 0.3) is 11.6 Å².